The molecule has 3 rings (SSSR count). The molecular formula is C17H15N3O8S2. The fraction of sp³-hybridized carbons (Fsp3) is 0.0588. The molecule has 0 radical (unpaired) electrons. The molecule has 0 aromatic heterocycles. The van der Waals surface area contributed by atoms with E-state index in [0.29, 0.717) is 0 Å². The first-order valence-corrected chi connectivity index (χ1v) is 10.9. The Hall–Kier alpha value is -3.26. The SMILES string of the molecule is COc1ccc(N=Nc2c(S(=O)(=O)O)cc3cc(N)ccc3c2O)c(S(=O)(=O)O)c1. The minimum absolute atomic E-state index is 0.103. The van der Waals surface area contributed by atoms with Crippen LogP contribution in [-0.4, -0.2) is 38.2 Å². The molecule has 0 amide bonds. The predicted octanol–water partition coefficient (Wildman–Crippen LogP) is 3.05. The second kappa shape index (κ2) is 7.53. The lowest BCUT2D eigenvalue weighted by atomic mass is 10.1. The lowest BCUT2D eigenvalue weighted by molar-refractivity contribution is 0.412. The second-order valence-corrected chi connectivity index (χ2v) is 8.82. The average Bonchev–Trinajstić information content (AvgIpc) is 2.65. The standard InChI is InChI=1S/C17H15N3O8S2/c1-28-11-3-5-13(14(8-11)29(22,23)24)19-20-16-15(30(25,26)27)7-9-6-10(18)2-4-12(9)17(16)21/h2-8,21H,18H2,1H3,(H,22,23,24)(H,25,26,27). The molecule has 0 unspecified atom stereocenters. The quantitative estimate of drug-likeness (QED) is 0.255. The summed E-state index contributed by atoms with van der Waals surface area (Å²) in [4.78, 5) is -1.43. The van der Waals surface area contributed by atoms with E-state index in [1.165, 1.54) is 31.4 Å². The van der Waals surface area contributed by atoms with Crippen molar-refractivity contribution in [2.75, 3.05) is 12.8 Å². The summed E-state index contributed by atoms with van der Waals surface area (Å²) in [6.45, 7) is 0. The van der Waals surface area contributed by atoms with Crippen molar-refractivity contribution in [2.45, 2.75) is 9.79 Å². The van der Waals surface area contributed by atoms with Gasteiger partial charge in [0, 0.05) is 17.1 Å². The Kier molecular flexibility index (Phi) is 5.38. The lowest BCUT2D eigenvalue weighted by Gasteiger charge is -2.09. The Morgan fingerprint density at radius 3 is 2.17 bits per heavy atom. The highest BCUT2D eigenvalue weighted by atomic mass is 32.2. The van der Waals surface area contributed by atoms with Crippen LogP contribution in [0.3, 0.4) is 0 Å². The molecule has 0 aliphatic rings. The number of azo groups is 1. The zero-order valence-corrected chi connectivity index (χ0v) is 16.8. The highest BCUT2D eigenvalue weighted by molar-refractivity contribution is 7.86. The van der Waals surface area contributed by atoms with Gasteiger partial charge in [-0.15, -0.1) is 10.2 Å². The number of ether oxygens (including phenoxy) is 1. The molecule has 30 heavy (non-hydrogen) atoms. The van der Waals surface area contributed by atoms with Gasteiger partial charge >= 0.3 is 0 Å². The number of methoxy groups -OCH3 is 1. The largest absolute Gasteiger partial charge is 0.505 e. The van der Waals surface area contributed by atoms with Crippen molar-refractivity contribution in [3.63, 3.8) is 0 Å². The number of aromatic hydroxyl groups is 1. The van der Waals surface area contributed by atoms with Crippen LogP contribution in [-0.2, 0) is 20.2 Å². The summed E-state index contributed by atoms with van der Waals surface area (Å²) < 4.78 is 70.8. The summed E-state index contributed by atoms with van der Waals surface area (Å²) in [5.74, 6) is -0.530. The fourth-order valence-corrected chi connectivity index (χ4v) is 3.97. The number of nitrogen functional groups attached to an aromatic ring is 1. The lowest BCUT2D eigenvalue weighted by Crippen LogP contribution is -2.00. The highest BCUT2D eigenvalue weighted by Gasteiger charge is 2.23. The maximum absolute atomic E-state index is 11.8. The van der Waals surface area contributed by atoms with Crippen molar-refractivity contribution in [2.24, 2.45) is 10.2 Å². The zero-order valence-electron chi connectivity index (χ0n) is 15.2. The number of hydrogen-bond donors (Lipinski definition) is 4. The number of phenolic OH excluding ortho intramolecular Hbond substituents is 1. The van der Waals surface area contributed by atoms with Gasteiger partial charge in [-0.2, -0.15) is 16.8 Å². The van der Waals surface area contributed by atoms with Crippen molar-refractivity contribution < 1.29 is 35.8 Å². The van der Waals surface area contributed by atoms with Crippen molar-refractivity contribution in [1.82, 2.24) is 0 Å². The molecule has 3 aromatic carbocycles. The average molecular weight is 453 g/mol. The summed E-state index contributed by atoms with van der Waals surface area (Å²) in [7, 11) is -8.31. The van der Waals surface area contributed by atoms with Crippen LogP contribution in [0.25, 0.3) is 10.8 Å². The molecule has 3 aromatic rings. The molecule has 0 heterocycles. The molecule has 0 fully saturated rings. The molecule has 158 valence electrons. The maximum Gasteiger partial charge on any atom is 0.296 e. The minimum atomic E-state index is -4.86. The number of phenols is 1. The third-order valence-corrected chi connectivity index (χ3v) is 5.81. The van der Waals surface area contributed by atoms with Gasteiger partial charge in [0.25, 0.3) is 20.2 Å². The smallest absolute Gasteiger partial charge is 0.296 e. The van der Waals surface area contributed by atoms with Gasteiger partial charge in [0.1, 0.15) is 26.9 Å². The van der Waals surface area contributed by atoms with Crippen molar-refractivity contribution >= 4 is 48.1 Å². The van der Waals surface area contributed by atoms with Crippen molar-refractivity contribution in [3.8, 4) is 11.5 Å². The summed E-state index contributed by atoms with van der Waals surface area (Å²) in [6, 6.07) is 8.74. The van der Waals surface area contributed by atoms with Crippen LogP contribution in [0.4, 0.5) is 17.1 Å². The van der Waals surface area contributed by atoms with E-state index in [2.05, 4.69) is 10.2 Å². The van der Waals surface area contributed by atoms with Crippen LogP contribution in [0.2, 0.25) is 0 Å². The van der Waals surface area contributed by atoms with Crippen LogP contribution >= 0.6 is 0 Å². The first-order chi connectivity index (χ1) is 13.9. The molecule has 0 aliphatic carbocycles. The molecule has 13 heteroatoms. The molecule has 11 nitrogen and oxygen atoms in total. The van der Waals surface area contributed by atoms with Gasteiger partial charge in [0.15, 0.2) is 5.75 Å². The summed E-state index contributed by atoms with van der Waals surface area (Å²) in [5.41, 5.74) is 4.95. The van der Waals surface area contributed by atoms with E-state index in [-0.39, 0.29) is 27.9 Å². The second-order valence-electron chi connectivity index (χ2n) is 6.04. The van der Waals surface area contributed by atoms with E-state index in [9.17, 15) is 31.0 Å². The van der Waals surface area contributed by atoms with E-state index in [1.54, 1.807) is 0 Å². The molecule has 0 atom stereocenters. The Morgan fingerprint density at radius 1 is 0.900 bits per heavy atom. The van der Waals surface area contributed by atoms with Crippen molar-refractivity contribution in [1.29, 1.82) is 0 Å². The molecule has 0 aliphatic heterocycles. The third-order valence-electron chi connectivity index (χ3n) is 4.06. The predicted molar refractivity (Wildman–Crippen MR) is 107 cm³/mol. The Balaban J connectivity index is 2.27. The summed E-state index contributed by atoms with van der Waals surface area (Å²) >= 11 is 0. The Morgan fingerprint density at radius 2 is 1.57 bits per heavy atom. The van der Waals surface area contributed by atoms with E-state index < -0.39 is 41.5 Å². The van der Waals surface area contributed by atoms with Gasteiger partial charge in [0.2, 0.25) is 0 Å². The molecule has 0 spiro atoms. The van der Waals surface area contributed by atoms with Gasteiger partial charge in [-0.25, -0.2) is 0 Å². The number of anilines is 1. The summed E-state index contributed by atoms with van der Waals surface area (Å²) in [5, 5.41) is 18.2. The number of nitrogens with two attached hydrogens (primary N) is 1. The Bertz CT molecular complexity index is 1400. The van der Waals surface area contributed by atoms with Crippen molar-refractivity contribution in [3.05, 3.63) is 42.5 Å². The number of nitrogens with zero attached hydrogens (tertiary/aromatic N) is 2. The first kappa shape index (κ1) is 21.4. The Labute approximate surface area is 170 Å². The number of rotatable bonds is 5. The molecular weight excluding hydrogens is 438 g/mol. The van der Waals surface area contributed by atoms with Crippen LogP contribution in [0.5, 0.6) is 11.5 Å². The van der Waals surface area contributed by atoms with Crippen LogP contribution in [0, 0.1) is 0 Å². The zero-order chi connectivity index (χ0) is 22.3. The molecule has 5 N–H and O–H groups in total. The van der Waals surface area contributed by atoms with Crippen LogP contribution < -0.4 is 10.5 Å². The topological polar surface area (TPSA) is 189 Å². The third kappa shape index (κ3) is 4.18. The van der Waals surface area contributed by atoms with Gasteiger partial charge in [-0.05, 0) is 41.8 Å². The van der Waals surface area contributed by atoms with Gasteiger partial charge in [-0.1, -0.05) is 0 Å². The number of benzene rings is 3. The van der Waals surface area contributed by atoms with E-state index in [0.717, 1.165) is 18.2 Å². The number of hydrogen-bond acceptors (Lipinski definition) is 9. The fourth-order valence-electron chi connectivity index (χ4n) is 2.68. The van der Waals surface area contributed by atoms with Crippen LogP contribution in [0.1, 0.15) is 0 Å². The van der Waals surface area contributed by atoms with Crippen LogP contribution in [0.15, 0.2) is 62.5 Å². The summed E-state index contributed by atoms with van der Waals surface area (Å²) in [6.07, 6.45) is 0. The highest BCUT2D eigenvalue weighted by Crippen LogP contribution is 2.42. The van der Waals surface area contributed by atoms with Gasteiger partial charge < -0.3 is 15.6 Å². The normalized spacial score (nSPS) is 12.5. The molecule has 0 saturated heterocycles. The maximum atomic E-state index is 11.8. The number of fused-ring (bicyclic) bond motifs is 1. The van der Waals surface area contributed by atoms with E-state index in [4.69, 9.17) is 10.5 Å². The monoisotopic (exact) mass is 453 g/mol. The van der Waals surface area contributed by atoms with E-state index >= 15 is 0 Å². The van der Waals surface area contributed by atoms with Gasteiger partial charge in [-0.3, -0.25) is 9.11 Å². The van der Waals surface area contributed by atoms with Gasteiger partial charge in [0.05, 0.1) is 7.11 Å². The molecule has 0 saturated carbocycles. The first-order valence-electron chi connectivity index (χ1n) is 8.02. The molecule has 0 bridgehead atoms. The minimum Gasteiger partial charge on any atom is -0.505 e. The van der Waals surface area contributed by atoms with E-state index in [1.807, 2.05) is 0 Å².